The van der Waals surface area contributed by atoms with E-state index < -0.39 is 0 Å². The van der Waals surface area contributed by atoms with Gasteiger partial charge in [0.25, 0.3) is 0 Å². The van der Waals surface area contributed by atoms with Crippen LogP contribution in [0.2, 0.25) is 0 Å². The highest BCUT2D eigenvalue weighted by atomic mass is 32.1. The summed E-state index contributed by atoms with van der Waals surface area (Å²) in [5.74, 6) is 14.2. The van der Waals surface area contributed by atoms with E-state index in [2.05, 4.69) is 41.1 Å². The Balaban J connectivity index is 0. The summed E-state index contributed by atoms with van der Waals surface area (Å²) in [5.41, 5.74) is 11.0. The van der Waals surface area contributed by atoms with Gasteiger partial charge in [-0.2, -0.15) is 0 Å². The number of thiocarbonyl (C=S) groups is 2. The molecule has 11 heavy (non-hydrogen) atoms. The molecule has 0 fully saturated rings. The fraction of sp³-hybridized carbons (Fsp3) is 0. The predicted molar refractivity (Wildman–Crippen MR) is 51.4 cm³/mol. The van der Waals surface area contributed by atoms with Crippen LogP contribution in [0.3, 0.4) is 0 Å². The molecule has 9 heteroatoms. The van der Waals surface area contributed by atoms with Crippen molar-refractivity contribution in [2.24, 2.45) is 23.3 Å². The summed E-state index contributed by atoms with van der Waals surface area (Å²) in [6.45, 7) is 0. The van der Waals surface area contributed by atoms with E-state index >= 15 is 0 Å². The first-order valence-electron chi connectivity index (χ1n) is 2.31. The standard InChI is InChI=1S/CH6N4S.CH5N3S/c2-4-1(6)5-3;2-1(5)4-3/h2-3H2,(H2,4,5,6);3H2,(H3,2,4,5). The second-order valence-electron chi connectivity index (χ2n) is 1.13. The molecule has 0 aliphatic rings. The molecule has 0 heterocycles. The van der Waals surface area contributed by atoms with Gasteiger partial charge in [0.05, 0.1) is 0 Å². The molecular formula is C2H11N7S2. The zero-order chi connectivity index (χ0) is 9.28. The van der Waals surface area contributed by atoms with Gasteiger partial charge in [0, 0.05) is 0 Å². The Morgan fingerprint density at radius 1 is 0.909 bits per heavy atom. The minimum Gasteiger partial charge on any atom is -0.375 e. The zero-order valence-electron chi connectivity index (χ0n) is 5.63. The fourth-order valence-corrected chi connectivity index (χ4v) is 0.0417. The van der Waals surface area contributed by atoms with Crippen molar-refractivity contribution in [2.45, 2.75) is 0 Å². The number of hydrazine groups is 3. The summed E-state index contributed by atoms with van der Waals surface area (Å²) in [7, 11) is 0. The van der Waals surface area contributed by atoms with Crippen LogP contribution in [0.25, 0.3) is 0 Å². The van der Waals surface area contributed by atoms with E-state index in [4.69, 9.17) is 17.4 Å². The molecule has 0 aliphatic carbocycles. The van der Waals surface area contributed by atoms with Crippen molar-refractivity contribution in [3.8, 4) is 0 Å². The molecule has 0 unspecified atom stereocenters. The normalized spacial score (nSPS) is 6.82. The summed E-state index contributed by atoms with van der Waals surface area (Å²) in [5, 5.41) is 0.347. The van der Waals surface area contributed by atoms with Crippen LogP contribution < -0.4 is 39.5 Å². The molecule has 0 bridgehead atoms. The van der Waals surface area contributed by atoms with E-state index in [1.165, 1.54) is 0 Å². The van der Waals surface area contributed by atoms with Crippen LogP contribution in [0.4, 0.5) is 0 Å². The van der Waals surface area contributed by atoms with E-state index in [1.807, 2.05) is 5.43 Å². The van der Waals surface area contributed by atoms with Gasteiger partial charge in [-0.3, -0.25) is 10.9 Å². The van der Waals surface area contributed by atoms with Crippen LogP contribution in [-0.4, -0.2) is 10.2 Å². The highest BCUT2D eigenvalue weighted by molar-refractivity contribution is 7.80. The molecule has 0 aromatic heterocycles. The summed E-state index contributed by atoms with van der Waals surface area (Å²) in [6, 6.07) is 0. The van der Waals surface area contributed by atoms with Crippen LogP contribution in [0.5, 0.6) is 0 Å². The maximum atomic E-state index is 4.79. The van der Waals surface area contributed by atoms with Crippen LogP contribution in [0, 0.1) is 0 Å². The maximum absolute atomic E-state index is 4.79. The van der Waals surface area contributed by atoms with Gasteiger partial charge < -0.3 is 11.2 Å². The molecule has 0 saturated heterocycles. The molecule has 66 valence electrons. The maximum Gasteiger partial charge on any atom is 0.194 e. The Labute approximate surface area is 74.7 Å². The monoisotopic (exact) mass is 197 g/mol. The van der Waals surface area contributed by atoms with E-state index in [0.29, 0.717) is 0 Å². The summed E-state index contributed by atoms with van der Waals surface area (Å²) < 4.78 is 0. The first-order valence-corrected chi connectivity index (χ1v) is 3.13. The lowest BCUT2D eigenvalue weighted by Crippen LogP contribution is -2.43. The molecule has 0 saturated carbocycles. The molecule has 0 amide bonds. The number of hydrogen-bond acceptors (Lipinski definition) is 5. The molecule has 0 atom stereocenters. The Morgan fingerprint density at radius 2 is 1.18 bits per heavy atom. The molecule has 0 aromatic rings. The highest BCUT2D eigenvalue weighted by Crippen LogP contribution is 1.47. The minimum atomic E-state index is 0.116. The fourth-order valence-electron chi connectivity index (χ4n) is 0.0417. The van der Waals surface area contributed by atoms with Gasteiger partial charge in [0.1, 0.15) is 0 Å². The van der Waals surface area contributed by atoms with E-state index in [1.54, 1.807) is 0 Å². The summed E-state index contributed by atoms with van der Waals surface area (Å²) in [4.78, 5) is 0. The Kier molecular flexibility index (Phi) is 10.9. The molecule has 0 spiro atoms. The number of rotatable bonds is 0. The van der Waals surface area contributed by atoms with E-state index in [9.17, 15) is 0 Å². The molecule has 0 aromatic carbocycles. The summed E-state index contributed by atoms with van der Waals surface area (Å²) in [6.07, 6.45) is 0. The highest BCUT2D eigenvalue weighted by Gasteiger charge is 1.76. The Morgan fingerprint density at radius 3 is 1.18 bits per heavy atom. The number of nitrogens with two attached hydrogens (primary N) is 4. The SMILES string of the molecule is NNC(=S)NN.NNC(N)=S. The third-order valence-corrected chi connectivity index (χ3v) is 0.758. The lowest BCUT2D eigenvalue weighted by Gasteiger charge is -1.95. The average molecular weight is 197 g/mol. The topological polar surface area (TPSA) is 140 Å². The van der Waals surface area contributed by atoms with Crippen molar-refractivity contribution in [1.29, 1.82) is 0 Å². The van der Waals surface area contributed by atoms with Gasteiger partial charge in [-0.15, -0.1) is 0 Å². The van der Waals surface area contributed by atoms with Gasteiger partial charge in [-0.25, -0.2) is 17.5 Å². The lowest BCUT2D eigenvalue weighted by molar-refractivity contribution is 0.926. The van der Waals surface area contributed by atoms with Crippen LogP contribution in [-0.2, 0) is 0 Å². The average Bonchev–Trinajstić information content (AvgIpc) is 2.04. The van der Waals surface area contributed by atoms with E-state index in [-0.39, 0.29) is 10.2 Å². The van der Waals surface area contributed by atoms with Crippen molar-refractivity contribution in [2.75, 3.05) is 0 Å². The minimum absolute atomic E-state index is 0.116. The van der Waals surface area contributed by atoms with Gasteiger partial charge >= 0.3 is 0 Å². The van der Waals surface area contributed by atoms with Crippen molar-refractivity contribution in [1.82, 2.24) is 16.3 Å². The molecule has 0 aliphatic heterocycles. The smallest absolute Gasteiger partial charge is 0.194 e. The summed E-state index contributed by atoms with van der Waals surface area (Å²) >= 11 is 8.62. The van der Waals surface area contributed by atoms with Crippen LogP contribution in [0.1, 0.15) is 0 Å². The van der Waals surface area contributed by atoms with Crippen molar-refractivity contribution < 1.29 is 0 Å². The van der Waals surface area contributed by atoms with Gasteiger partial charge in [-0.1, -0.05) is 0 Å². The van der Waals surface area contributed by atoms with E-state index in [0.717, 1.165) is 0 Å². The molecule has 0 radical (unpaired) electrons. The van der Waals surface area contributed by atoms with Crippen molar-refractivity contribution >= 4 is 34.7 Å². The third kappa shape index (κ3) is 17.6. The lowest BCUT2D eigenvalue weighted by atomic mass is 11.2. The Hall–Kier alpha value is -0.740. The molecule has 0 rings (SSSR count). The molecular weight excluding hydrogens is 186 g/mol. The van der Waals surface area contributed by atoms with Crippen molar-refractivity contribution in [3.63, 3.8) is 0 Å². The Bertz CT molecular complexity index is 118. The van der Waals surface area contributed by atoms with Crippen LogP contribution >= 0.6 is 24.4 Å². The first kappa shape index (κ1) is 12.9. The first-order chi connectivity index (χ1) is 5.08. The number of hydrogen-bond donors (Lipinski definition) is 7. The number of nitrogens with one attached hydrogen (secondary N) is 3. The zero-order valence-corrected chi connectivity index (χ0v) is 7.26. The molecule has 7 nitrogen and oxygen atoms in total. The molecule has 11 N–H and O–H groups in total. The second-order valence-corrected chi connectivity index (χ2v) is 1.97. The van der Waals surface area contributed by atoms with Crippen LogP contribution in [0.15, 0.2) is 0 Å². The van der Waals surface area contributed by atoms with Gasteiger partial charge in [0.2, 0.25) is 0 Å². The quantitative estimate of drug-likeness (QED) is 0.122. The predicted octanol–water partition coefficient (Wildman–Crippen LogP) is -3.11. The second kappa shape index (κ2) is 9.26. The third-order valence-electron chi connectivity index (χ3n) is 0.404. The van der Waals surface area contributed by atoms with Gasteiger partial charge in [0.15, 0.2) is 10.2 Å². The van der Waals surface area contributed by atoms with Crippen molar-refractivity contribution in [3.05, 3.63) is 0 Å². The van der Waals surface area contributed by atoms with Gasteiger partial charge in [-0.05, 0) is 24.4 Å². The largest absolute Gasteiger partial charge is 0.375 e.